The van der Waals surface area contributed by atoms with Crippen molar-refractivity contribution >= 4 is 11.9 Å². The molecule has 122 valence electrons. The van der Waals surface area contributed by atoms with Gasteiger partial charge in [-0.25, -0.2) is 4.99 Å². The van der Waals surface area contributed by atoms with Gasteiger partial charge in [0, 0.05) is 13.6 Å². The quantitative estimate of drug-likeness (QED) is 0.727. The van der Waals surface area contributed by atoms with Crippen LogP contribution >= 0.6 is 0 Å². The van der Waals surface area contributed by atoms with E-state index < -0.39 is 0 Å². The lowest BCUT2D eigenvalue weighted by Gasteiger charge is -2.36. The molecule has 2 aliphatic heterocycles. The Morgan fingerprint density at radius 1 is 1.32 bits per heavy atom. The predicted molar refractivity (Wildman–Crippen MR) is 86.8 cm³/mol. The Kier molecular flexibility index (Phi) is 4.27. The van der Waals surface area contributed by atoms with Gasteiger partial charge < -0.3 is 11.1 Å². The number of unbranched alkanes of at least 4 members (excludes halogenated alkanes) is 3. The standard InChI is InChI=1S/C16H27N5O/c1-3-4-5-6-10-18-13-14(17)21-12-9-7-8-11(12)19-16(21)20(2)15(13)22/h11-12,18H,3-10,17H2,1-2H3/t11-,12+/m1/s1. The molecule has 0 radical (unpaired) electrons. The van der Waals surface area contributed by atoms with Gasteiger partial charge in [0.15, 0.2) is 0 Å². The minimum absolute atomic E-state index is 0.0667. The van der Waals surface area contributed by atoms with E-state index in [2.05, 4.69) is 17.1 Å². The zero-order chi connectivity index (χ0) is 15.7. The number of nitrogens with one attached hydrogen (secondary N) is 1. The van der Waals surface area contributed by atoms with Gasteiger partial charge in [-0.3, -0.25) is 14.6 Å². The first-order valence-electron chi connectivity index (χ1n) is 8.53. The molecular weight excluding hydrogens is 278 g/mol. The van der Waals surface area contributed by atoms with Gasteiger partial charge in [-0.1, -0.05) is 26.2 Å². The minimum atomic E-state index is -0.0667. The van der Waals surface area contributed by atoms with Crippen LogP contribution in [-0.4, -0.2) is 47.3 Å². The number of rotatable bonds is 6. The van der Waals surface area contributed by atoms with E-state index in [1.165, 1.54) is 25.7 Å². The Morgan fingerprint density at radius 3 is 2.91 bits per heavy atom. The van der Waals surface area contributed by atoms with Crippen LogP contribution in [0.15, 0.2) is 16.5 Å². The van der Waals surface area contributed by atoms with E-state index in [4.69, 9.17) is 10.7 Å². The molecule has 3 aliphatic rings. The number of carbonyl (C=O) groups is 1. The lowest BCUT2D eigenvalue weighted by Crippen LogP contribution is -2.55. The normalized spacial score (nSPS) is 27.2. The summed E-state index contributed by atoms with van der Waals surface area (Å²) >= 11 is 0. The maximum absolute atomic E-state index is 12.5. The lowest BCUT2D eigenvalue weighted by molar-refractivity contribution is -0.124. The summed E-state index contributed by atoms with van der Waals surface area (Å²) in [4.78, 5) is 21.0. The van der Waals surface area contributed by atoms with E-state index in [0.717, 1.165) is 31.8 Å². The number of nitrogens with two attached hydrogens (primary N) is 1. The van der Waals surface area contributed by atoms with Gasteiger partial charge in [-0.2, -0.15) is 0 Å². The van der Waals surface area contributed by atoms with Crippen LogP contribution in [0.5, 0.6) is 0 Å². The molecule has 22 heavy (non-hydrogen) atoms. The third kappa shape index (κ3) is 2.44. The monoisotopic (exact) mass is 305 g/mol. The molecule has 1 aliphatic carbocycles. The summed E-state index contributed by atoms with van der Waals surface area (Å²) in [5.74, 6) is 1.23. The molecule has 0 aromatic carbocycles. The molecule has 1 amide bonds. The molecule has 2 heterocycles. The van der Waals surface area contributed by atoms with E-state index >= 15 is 0 Å². The number of fused-ring (bicyclic) bond motifs is 3. The Morgan fingerprint density at radius 2 is 2.14 bits per heavy atom. The minimum Gasteiger partial charge on any atom is -0.383 e. The highest BCUT2D eigenvalue weighted by Gasteiger charge is 2.46. The van der Waals surface area contributed by atoms with Crippen molar-refractivity contribution in [3.05, 3.63) is 11.5 Å². The highest BCUT2D eigenvalue weighted by molar-refractivity contribution is 6.09. The highest BCUT2D eigenvalue weighted by atomic mass is 16.2. The smallest absolute Gasteiger partial charge is 0.280 e. The predicted octanol–water partition coefficient (Wildman–Crippen LogP) is 1.35. The van der Waals surface area contributed by atoms with Crippen molar-refractivity contribution in [1.82, 2.24) is 15.1 Å². The second kappa shape index (κ2) is 6.18. The van der Waals surface area contributed by atoms with E-state index in [-0.39, 0.29) is 5.91 Å². The molecule has 0 aromatic rings. The summed E-state index contributed by atoms with van der Waals surface area (Å²) in [6.45, 7) is 2.99. The Bertz CT molecular complexity index is 513. The van der Waals surface area contributed by atoms with E-state index in [1.807, 2.05) is 0 Å². The van der Waals surface area contributed by atoms with Crippen molar-refractivity contribution in [1.29, 1.82) is 0 Å². The number of likely N-dealkylation sites (N-methyl/N-ethyl adjacent to an activating group) is 1. The molecule has 1 fully saturated rings. The lowest BCUT2D eigenvalue weighted by atomic mass is 10.1. The molecule has 6 heteroatoms. The van der Waals surface area contributed by atoms with Gasteiger partial charge in [0.25, 0.3) is 5.91 Å². The highest BCUT2D eigenvalue weighted by Crippen LogP contribution is 2.36. The second-order valence-corrected chi connectivity index (χ2v) is 6.48. The summed E-state index contributed by atoms with van der Waals surface area (Å²) < 4.78 is 0. The topological polar surface area (TPSA) is 74.0 Å². The van der Waals surface area contributed by atoms with Crippen LogP contribution in [0.2, 0.25) is 0 Å². The molecule has 0 spiro atoms. The van der Waals surface area contributed by atoms with Gasteiger partial charge in [0.1, 0.15) is 11.5 Å². The number of hydrogen-bond acceptors (Lipinski definition) is 5. The number of carbonyl (C=O) groups excluding carboxylic acids is 1. The average Bonchev–Trinajstić information content (AvgIpc) is 3.08. The zero-order valence-corrected chi connectivity index (χ0v) is 13.6. The van der Waals surface area contributed by atoms with Gasteiger partial charge >= 0.3 is 0 Å². The van der Waals surface area contributed by atoms with Crippen LogP contribution in [0.1, 0.15) is 51.9 Å². The first kappa shape index (κ1) is 15.2. The number of nitrogens with zero attached hydrogens (tertiary/aromatic N) is 3. The first-order chi connectivity index (χ1) is 10.6. The molecule has 2 atom stereocenters. The summed E-state index contributed by atoms with van der Waals surface area (Å²) in [6, 6.07) is 0.634. The molecule has 3 N–H and O–H groups in total. The fraction of sp³-hybridized carbons (Fsp3) is 0.750. The average molecular weight is 305 g/mol. The Labute approximate surface area is 132 Å². The number of guanidine groups is 1. The van der Waals surface area contributed by atoms with Crippen molar-refractivity contribution in [2.24, 2.45) is 10.7 Å². The van der Waals surface area contributed by atoms with Crippen molar-refractivity contribution < 1.29 is 4.79 Å². The summed E-state index contributed by atoms with van der Waals surface area (Å²) in [7, 11) is 1.79. The largest absolute Gasteiger partial charge is 0.383 e. The van der Waals surface area contributed by atoms with Gasteiger partial charge in [0.05, 0.1) is 12.1 Å². The van der Waals surface area contributed by atoms with Crippen LogP contribution in [0, 0.1) is 0 Å². The fourth-order valence-corrected chi connectivity index (χ4v) is 3.69. The Balaban J connectivity index is 1.74. The zero-order valence-electron chi connectivity index (χ0n) is 13.6. The van der Waals surface area contributed by atoms with Crippen molar-refractivity contribution in [3.8, 4) is 0 Å². The maximum atomic E-state index is 12.5. The second-order valence-electron chi connectivity index (χ2n) is 6.48. The number of hydrogen-bond donors (Lipinski definition) is 2. The summed E-state index contributed by atoms with van der Waals surface area (Å²) in [6.07, 6.45) is 8.08. The van der Waals surface area contributed by atoms with Crippen molar-refractivity contribution in [2.45, 2.75) is 64.0 Å². The van der Waals surface area contributed by atoms with E-state index in [1.54, 1.807) is 11.9 Å². The molecule has 6 nitrogen and oxygen atoms in total. The van der Waals surface area contributed by atoms with E-state index in [9.17, 15) is 4.79 Å². The number of aliphatic imine (C=N–C) groups is 1. The van der Waals surface area contributed by atoms with Crippen molar-refractivity contribution in [2.75, 3.05) is 13.6 Å². The molecule has 0 unspecified atom stereocenters. The van der Waals surface area contributed by atoms with Gasteiger partial charge in [0.2, 0.25) is 5.96 Å². The Hall–Kier alpha value is -1.72. The van der Waals surface area contributed by atoms with Crippen LogP contribution in [-0.2, 0) is 4.79 Å². The molecule has 0 bridgehead atoms. The summed E-state index contributed by atoms with van der Waals surface area (Å²) in [5, 5.41) is 3.27. The number of amides is 1. The van der Waals surface area contributed by atoms with Crippen LogP contribution in [0.25, 0.3) is 0 Å². The molecule has 0 saturated heterocycles. The van der Waals surface area contributed by atoms with Crippen LogP contribution in [0.4, 0.5) is 0 Å². The summed E-state index contributed by atoms with van der Waals surface area (Å²) in [5.41, 5.74) is 6.88. The van der Waals surface area contributed by atoms with Crippen LogP contribution in [0.3, 0.4) is 0 Å². The molecule has 0 aromatic heterocycles. The maximum Gasteiger partial charge on any atom is 0.280 e. The van der Waals surface area contributed by atoms with E-state index in [0.29, 0.717) is 23.6 Å². The molecular formula is C16H27N5O. The third-order valence-electron chi connectivity index (χ3n) is 4.94. The van der Waals surface area contributed by atoms with Crippen LogP contribution < -0.4 is 11.1 Å². The first-order valence-corrected chi connectivity index (χ1v) is 8.53. The SMILES string of the molecule is CCCCCCNC1=C(N)N2C(=N[C@@H]3CCC[C@@H]32)N(C)C1=O. The van der Waals surface area contributed by atoms with Gasteiger partial charge in [-0.05, 0) is 25.7 Å². The molecule has 3 rings (SSSR count). The van der Waals surface area contributed by atoms with Gasteiger partial charge in [-0.15, -0.1) is 0 Å². The third-order valence-corrected chi connectivity index (χ3v) is 4.94. The molecule has 1 saturated carbocycles. The fourth-order valence-electron chi connectivity index (χ4n) is 3.69. The van der Waals surface area contributed by atoms with Crippen molar-refractivity contribution in [3.63, 3.8) is 0 Å².